The number of ketones is 1. The maximum Gasteiger partial charge on any atom is 0.407 e. The van der Waals surface area contributed by atoms with E-state index in [0.29, 0.717) is 48.5 Å². The first-order valence-corrected chi connectivity index (χ1v) is 42.4. The number of ether oxygens (including phenoxy) is 1. The van der Waals surface area contributed by atoms with Crippen molar-refractivity contribution in [1.29, 1.82) is 0 Å². The number of allylic oxidation sites excluding steroid dienone is 1. The lowest BCUT2D eigenvalue weighted by atomic mass is 9.47. The van der Waals surface area contributed by atoms with Gasteiger partial charge in [-0.25, -0.2) is 9.59 Å². The van der Waals surface area contributed by atoms with Gasteiger partial charge in [0, 0.05) is 37.3 Å². The van der Waals surface area contributed by atoms with Crippen molar-refractivity contribution >= 4 is 92.7 Å². The molecule has 0 unspecified atom stereocenters. The van der Waals surface area contributed by atoms with Gasteiger partial charge in [0.1, 0.15) is 48.4 Å². The van der Waals surface area contributed by atoms with Crippen LogP contribution >= 0.6 is 21.6 Å². The highest BCUT2D eigenvalue weighted by molar-refractivity contribution is 8.76. The minimum atomic E-state index is -1.78. The largest absolute Gasteiger partial charge is 0.481 e. The molecule has 0 aromatic heterocycles. The van der Waals surface area contributed by atoms with Crippen LogP contribution in [0.5, 0.6) is 0 Å². The fourth-order valence-corrected chi connectivity index (χ4v) is 18.9. The molecule has 9 amide bonds. The normalized spacial score (nSPS) is 23.4. The number of carbonyl (C=O) groups excluding carboxylic acids is 10. The Morgan fingerprint density at radius 3 is 1.74 bits per heavy atom. The van der Waals surface area contributed by atoms with E-state index in [1.807, 2.05) is 0 Å². The molecule has 0 aliphatic heterocycles. The van der Waals surface area contributed by atoms with Crippen molar-refractivity contribution in [1.82, 2.24) is 47.9 Å². The molecular weight excluding hydrogens is 1440 g/mol. The van der Waals surface area contributed by atoms with Crippen molar-refractivity contribution in [2.24, 2.45) is 81.5 Å². The number of hydrogen-bond acceptors (Lipinski definition) is 18. The van der Waals surface area contributed by atoms with Crippen molar-refractivity contribution < 1.29 is 77.6 Å². The van der Waals surface area contributed by atoms with Crippen LogP contribution in [0.1, 0.15) is 218 Å². The van der Waals surface area contributed by atoms with Gasteiger partial charge >= 0.3 is 18.0 Å². The number of aliphatic carboxylic acids is 2. The van der Waals surface area contributed by atoms with E-state index in [-0.39, 0.29) is 55.4 Å². The van der Waals surface area contributed by atoms with Crippen LogP contribution in [0.3, 0.4) is 0 Å². The number of carboxylic acid groups (broad SMARTS) is 2. The van der Waals surface area contributed by atoms with Crippen molar-refractivity contribution in [2.75, 3.05) is 31.2 Å². The predicted molar refractivity (Wildman–Crippen MR) is 423 cm³/mol. The Morgan fingerprint density at radius 2 is 1.17 bits per heavy atom. The standard InChI is InChI=1S/C80H131N11O16S2/c1-14-48(9)66(90-73(100)63(43-92)88-69(96)58(82)44-109-108-39-38-83-78(106)107-53-33-35-79(12)52(42-53)27-28-54-56-30-29-55(50(11)23-21-22-45(3)4)80(56,13)36-34-57(54)79)76(103)91-67(49(10)15-2)75(102)89-65(47(7)8)74(101)87-62(41-51-24-17-16-18-25-51)72(99)85-60(31-32-64(93)94)71(98)84-59(26-19-20-37-81)70(97)86-61(40-46(5)6)68(95)77(104)105/h16-18,24-25,27,45-50,53-63,65-67,92H,14-15,19-23,26,28-44,81-82H2,1-13H3,(H,83,106)(H,84,98)(H,85,99)(H,86,97)(H,87,101)(H,88,96)(H,89,102)(H,90,100)(H,91,103)(H,93,94)(H,104,105)/t48-,49-,50+,53-,54-,55+,56-,57-,58-,59-,60-,61-,62-,63-,65-,66-,67-,79-,80+/m0/s1. The fraction of sp³-hybridized carbons (Fsp3) is 0.750. The highest BCUT2D eigenvalue weighted by Crippen LogP contribution is 2.67. The Bertz CT molecular complexity index is 3240. The van der Waals surface area contributed by atoms with Crippen LogP contribution in [-0.2, 0) is 63.9 Å². The summed E-state index contributed by atoms with van der Waals surface area (Å²) in [4.78, 5) is 163. The summed E-state index contributed by atoms with van der Waals surface area (Å²) in [5.41, 5.74) is 14.6. The number of rotatable bonds is 47. The lowest BCUT2D eigenvalue weighted by Gasteiger charge is -2.58. The van der Waals surface area contributed by atoms with Gasteiger partial charge in [0.05, 0.1) is 18.7 Å². The monoisotopic (exact) mass is 1570 g/mol. The van der Waals surface area contributed by atoms with E-state index >= 15 is 0 Å². The lowest BCUT2D eigenvalue weighted by Crippen LogP contribution is -2.63. The second kappa shape index (κ2) is 45.0. The third-order valence-corrected chi connectivity index (χ3v) is 26.1. The van der Waals surface area contributed by atoms with Gasteiger partial charge in [-0.2, -0.15) is 0 Å². The molecule has 27 nitrogen and oxygen atoms in total. The molecule has 614 valence electrons. The summed E-state index contributed by atoms with van der Waals surface area (Å²) in [6, 6.07) is -4.16. The van der Waals surface area contributed by atoms with E-state index in [9.17, 15) is 72.9 Å². The van der Waals surface area contributed by atoms with Crippen LogP contribution in [0, 0.1) is 70.0 Å². The SMILES string of the molecule is CC[C@H](C)[C@H](NC(=O)[C@H](CO)NC(=O)[C@@H](N)CSSCCNC(=O)O[C@H]1CC[C@@]2(C)C(=CC[C@H]3[C@@H]4CC[C@H]([C@H](C)CCCC(C)C)[C@@]4(C)CC[C@@H]32)C1)C(=O)N[C@H](C(=O)N[C@H](C(=O)N[C@@H](Cc1ccccc1)C(=O)N[C@@H](CCC(=O)O)C(=O)N[C@@H](CCCCN)C(=O)N[C@@H](CC(C)C)C(=O)C(=O)O)C(C)C)[C@@H](C)CC. The number of carbonyl (C=O) groups is 12. The van der Waals surface area contributed by atoms with Crippen molar-refractivity contribution in [3.63, 3.8) is 0 Å². The minimum Gasteiger partial charge on any atom is -0.481 e. The summed E-state index contributed by atoms with van der Waals surface area (Å²) in [5.74, 6) is -8.28. The molecule has 19 atom stereocenters. The molecule has 0 bridgehead atoms. The van der Waals surface area contributed by atoms with E-state index < -0.39 is 163 Å². The second-order valence-corrected chi connectivity index (χ2v) is 35.5. The quantitative estimate of drug-likeness (QED) is 0.0131. The van der Waals surface area contributed by atoms with E-state index in [4.69, 9.17) is 16.2 Å². The van der Waals surface area contributed by atoms with Gasteiger partial charge in [0.15, 0.2) is 0 Å². The zero-order valence-corrected chi connectivity index (χ0v) is 68.4. The first-order valence-electron chi connectivity index (χ1n) is 39.9. The average Bonchev–Trinajstić information content (AvgIpc) is 1.66. The fourth-order valence-electron chi connectivity index (χ4n) is 16.8. The van der Waals surface area contributed by atoms with Crippen LogP contribution in [-0.4, -0.2) is 178 Å². The van der Waals surface area contributed by atoms with Gasteiger partial charge in [0.25, 0.3) is 5.78 Å². The number of hydrogen-bond donors (Lipinski definition) is 14. The lowest BCUT2D eigenvalue weighted by molar-refractivity contribution is -0.150. The number of nitrogens with two attached hydrogens (primary N) is 2. The van der Waals surface area contributed by atoms with Gasteiger partial charge in [-0.1, -0.05) is 186 Å². The van der Waals surface area contributed by atoms with E-state index in [1.165, 1.54) is 72.1 Å². The molecule has 3 saturated carbocycles. The van der Waals surface area contributed by atoms with Crippen LogP contribution < -0.4 is 59.3 Å². The first-order chi connectivity index (χ1) is 51.5. The maximum absolute atomic E-state index is 14.6. The summed E-state index contributed by atoms with van der Waals surface area (Å²) in [5, 5.41) is 53.4. The Kier molecular flexibility index (Phi) is 38.3. The van der Waals surface area contributed by atoms with Gasteiger partial charge in [0.2, 0.25) is 47.3 Å². The minimum absolute atomic E-state index is 0.0411. The average molecular weight is 1570 g/mol. The smallest absolute Gasteiger partial charge is 0.407 e. The van der Waals surface area contributed by atoms with Crippen LogP contribution in [0.2, 0.25) is 0 Å². The number of carboxylic acids is 2. The third kappa shape index (κ3) is 27.5. The first kappa shape index (κ1) is 92.8. The van der Waals surface area contributed by atoms with Crippen molar-refractivity contribution in [3.8, 4) is 0 Å². The molecule has 0 radical (unpaired) electrons. The van der Waals surface area contributed by atoms with E-state index in [1.54, 1.807) is 85.7 Å². The molecule has 1 aromatic carbocycles. The zero-order chi connectivity index (χ0) is 81.0. The molecule has 4 aliphatic rings. The summed E-state index contributed by atoms with van der Waals surface area (Å²) in [6.45, 7) is 25.6. The highest BCUT2D eigenvalue weighted by atomic mass is 33.1. The van der Waals surface area contributed by atoms with Gasteiger partial charge in [-0.15, -0.1) is 0 Å². The summed E-state index contributed by atoms with van der Waals surface area (Å²) in [7, 11) is 2.69. The van der Waals surface area contributed by atoms with Gasteiger partial charge < -0.3 is 79.4 Å². The summed E-state index contributed by atoms with van der Waals surface area (Å²) < 4.78 is 6.01. The van der Waals surface area contributed by atoms with Crippen molar-refractivity contribution in [2.45, 2.75) is 279 Å². The number of unbranched alkanes of at least 4 members (excludes halogenated alkanes) is 1. The molecule has 4 aliphatic carbocycles. The van der Waals surface area contributed by atoms with Gasteiger partial charge in [-0.05, 0) is 159 Å². The number of benzene rings is 1. The van der Waals surface area contributed by atoms with Gasteiger partial charge in [-0.3, -0.25) is 47.9 Å². The molecule has 29 heteroatoms. The van der Waals surface area contributed by atoms with Crippen LogP contribution in [0.25, 0.3) is 0 Å². The third-order valence-electron chi connectivity index (χ3n) is 23.6. The molecule has 3 fully saturated rings. The number of nitrogens with one attached hydrogen (secondary N) is 9. The number of aliphatic hydroxyl groups excluding tert-OH is 1. The predicted octanol–water partition coefficient (Wildman–Crippen LogP) is 7.39. The molecule has 0 spiro atoms. The second-order valence-electron chi connectivity index (χ2n) is 32.9. The number of alkyl carbamates (subject to hydrolysis) is 1. The molecule has 1 aromatic rings. The topological polar surface area (TPSA) is 435 Å². The highest BCUT2D eigenvalue weighted by Gasteiger charge is 2.59. The maximum atomic E-state index is 14.6. The Balaban J connectivity index is 1.15. The van der Waals surface area contributed by atoms with Crippen LogP contribution in [0.15, 0.2) is 42.0 Å². The molecular formula is C80H131N11O16S2. The Morgan fingerprint density at radius 1 is 0.596 bits per heavy atom. The Labute approximate surface area is 653 Å². The molecule has 0 heterocycles. The molecule has 0 saturated heterocycles. The summed E-state index contributed by atoms with van der Waals surface area (Å²) in [6.07, 6.45) is 14.8. The van der Waals surface area contributed by atoms with Crippen molar-refractivity contribution in [3.05, 3.63) is 47.5 Å². The zero-order valence-electron chi connectivity index (χ0n) is 66.8. The number of amides is 9. The Hall–Kier alpha value is -6.82. The molecule has 16 N–H and O–H groups in total. The number of Topliss-reactive ketones (excluding diaryl/α,β-unsaturated/α-hetero) is 1. The summed E-state index contributed by atoms with van der Waals surface area (Å²) >= 11 is 0. The number of fused-ring (bicyclic) bond motifs is 5. The number of aliphatic hydroxyl groups is 1. The molecule has 5 rings (SSSR count). The molecule has 109 heavy (non-hydrogen) atoms. The van der Waals surface area contributed by atoms with E-state index in [2.05, 4.69) is 88.5 Å². The van der Waals surface area contributed by atoms with E-state index in [0.717, 1.165) is 55.3 Å². The van der Waals surface area contributed by atoms with Crippen LogP contribution in [0.4, 0.5) is 4.79 Å².